The van der Waals surface area contributed by atoms with Crippen molar-refractivity contribution < 1.29 is 4.74 Å². The van der Waals surface area contributed by atoms with Gasteiger partial charge in [0.15, 0.2) is 0 Å². The van der Waals surface area contributed by atoms with Gasteiger partial charge < -0.3 is 10.1 Å². The Morgan fingerprint density at radius 3 is 2.76 bits per heavy atom. The van der Waals surface area contributed by atoms with Crippen LogP contribution in [0.2, 0.25) is 0 Å². The minimum atomic E-state index is 0.470. The molecule has 2 aromatic rings. The second-order valence-electron chi connectivity index (χ2n) is 5.13. The molecule has 0 spiro atoms. The standard InChI is InChI=1S/C17H23N3O/c1-4-9-18-11-15-17(8-7-14(3)20-15)21-12-16-13(2)6-5-10-19-16/h5-8,10,18H,4,9,11-12H2,1-3H3. The fraction of sp³-hybridized carbons (Fsp3) is 0.412. The summed E-state index contributed by atoms with van der Waals surface area (Å²) in [7, 11) is 0. The number of aryl methyl sites for hydroxylation is 2. The predicted octanol–water partition coefficient (Wildman–Crippen LogP) is 3.17. The summed E-state index contributed by atoms with van der Waals surface area (Å²) in [6.45, 7) is 8.37. The summed E-state index contributed by atoms with van der Waals surface area (Å²) in [5.74, 6) is 0.828. The average molecular weight is 285 g/mol. The highest BCUT2D eigenvalue weighted by Crippen LogP contribution is 2.18. The van der Waals surface area contributed by atoms with Crippen molar-refractivity contribution in [2.24, 2.45) is 0 Å². The van der Waals surface area contributed by atoms with Crippen LogP contribution in [0.15, 0.2) is 30.5 Å². The molecule has 0 aliphatic carbocycles. The SMILES string of the molecule is CCCNCc1nc(C)ccc1OCc1ncccc1C. The van der Waals surface area contributed by atoms with E-state index in [0.717, 1.165) is 47.9 Å². The van der Waals surface area contributed by atoms with Crippen LogP contribution in [0.1, 0.15) is 36.0 Å². The van der Waals surface area contributed by atoms with Crippen molar-refractivity contribution in [2.75, 3.05) is 6.54 Å². The average Bonchev–Trinajstić information content (AvgIpc) is 2.48. The van der Waals surface area contributed by atoms with Gasteiger partial charge in [-0.2, -0.15) is 0 Å². The topological polar surface area (TPSA) is 47.0 Å². The van der Waals surface area contributed by atoms with Crippen molar-refractivity contribution in [3.05, 3.63) is 53.1 Å². The second-order valence-corrected chi connectivity index (χ2v) is 5.13. The molecule has 4 heteroatoms. The van der Waals surface area contributed by atoms with E-state index in [9.17, 15) is 0 Å². The highest BCUT2D eigenvalue weighted by atomic mass is 16.5. The maximum Gasteiger partial charge on any atom is 0.142 e. The zero-order valence-electron chi connectivity index (χ0n) is 13.0. The van der Waals surface area contributed by atoms with E-state index in [0.29, 0.717) is 6.61 Å². The van der Waals surface area contributed by atoms with E-state index >= 15 is 0 Å². The Morgan fingerprint density at radius 1 is 1.14 bits per heavy atom. The molecule has 0 saturated heterocycles. The molecule has 21 heavy (non-hydrogen) atoms. The van der Waals surface area contributed by atoms with Gasteiger partial charge in [0.25, 0.3) is 0 Å². The molecule has 0 radical (unpaired) electrons. The summed E-state index contributed by atoms with van der Waals surface area (Å²) in [5.41, 5.74) is 4.07. The molecule has 0 fully saturated rings. The molecule has 0 bridgehead atoms. The van der Waals surface area contributed by atoms with Crippen LogP contribution < -0.4 is 10.1 Å². The molecule has 0 unspecified atom stereocenters. The van der Waals surface area contributed by atoms with E-state index in [-0.39, 0.29) is 0 Å². The Hall–Kier alpha value is -1.94. The third-order valence-corrected chi connectivity index (χ3v) is 3.27. The van der Waals surface area contributed by atoms with E-state index in [2.05, 4.69) is 22.2 Å². The lowest BCUT2D eigenvalue weighted by Crippen LogP contribution is -2.16. The molecular formula is C17H23N3O. The Morgan fingerprint density at radius 2 is 2.00 bits per heavy atom. The molecule has 0 amide bonds. The molecule has 0 aromatic carbocycles. The van der Waals surface area contributed by atoms with Crippen LogP contribution in [0.4, 0.5) is 0 Å². The largest absolute Gasteiger partial charge is 0.485 e. The van der Waals surface area contributed by atoms with E-state index in [1.165, 1.54) is 0 Å². The quantitative estimate of drug-likeness (QED) is 0.794. The number of hydrogen-bond donors (Lipinski definition) is 1. The number of ether oxygens (including phenoxy) is 1. The number of hydrogen-bond acceptors (Lipinski definition) is 4. The number of rotatable bonds is 7. The Balaban J connectivity index is 2.06. The minimum absolute atomic E-state index is 0.470. The van der Waals surface area contributed by atoms with Gasteiger partial charge in [0.05, 0.1) is 11.4 Å². The molecule has 2 aromatic heterocycles. The molecule has 0 atom stereocenters. The van der Waals surface area contributed by atoms with Crippen LogP contribution in [-0.2, 0) is 13.2 Å². The highest BCUT2D eigenvalue weighted by molar-refractivity contribution is 5.29. The summed E-state index contributed by atoms with van der Waals surface area (Å²) < 4.78 is 5.92. The van der Waals surface area contributed by atoms with Crippen LogP contribution >= 0.6 is 0 Å². The van der Waals surface area contributed by atoms with E-state index in [4.69, 9.17) is 4.74 Å². The van der Waals surface area contributed by atoms with Gasteiger partial charge in [-0.25, -0.2) is 0 Å². The fourth-order valence-electron chi connectivity index (χ4n) is 2.05. The molecule has 112 valence electrons. The maximum atomic E-state index is 5.92. The normalized spacial score (nSPS) is 10.6. The molecule has 4 nitrogen and oxygen atoms in total. The smallest absolute Gasteiger partial charge is 0.142 e. The van der Waals surface area contributed by atoms with Gasteiger partial charge in [-0.05, 0) is 50.6 Å². The third kappa shape index (κ3) is 4.53. The van der Waals surface area contributed by atoms with Gasteiger partial charge in [0.2, 0.25) is 0 Å². The molecule has 0 saturated carbocycles. The van der Waals surface area contributed by atoms with Crippen molar-refractivity contribution in [1.29, 1.82) is 0 Å². The fourth-order valence-corrected chi connectivity index (χ4v) is 2.05. The monoisotopic (exact) mass is 285 g/mol. The number of pyridine rings is 2. The third-order valence-electron chi connectivity index (χ3n) is 3.27. The van der Waals surface area contributed by atoms with Gasteiger partial charge in [-0.15, -0.1) is 0 Å². The zero-order valence-corrected chi connectivity index (χ0v) is 13.0. The Kier molecular flexibility index (Phi) is 5.69. The first-order valence-corrected chi connectivity index (χ1v) is 7.41. The molecular weight excluding hydrogens is 262 g/mol. The summed E-state index contributed by atoms with van der Waals surface area (Å²) >= 11 is 0. The number of nitrogens with zero attached hydrogens (tertiary/aromatic N) is 2. The van der Waals surface area contributed by atoms with Gasteiger partial charge in [0, 0.05) is 18.4 Å². The summed E-state index contributed by atoms with van der Waals surface area (Å²) in [6.07, 6.45) is 2.90. The van der Waals surface area contributed by atoms with Crippen molar-refractivity contribution in [2.45, 2.75) is 40.3 Å². The number of nitrogens with one attached hydrogen (secondary N) is 1. The Labute approximate surface area is 126 Å². The van der Waals surface area contributed by atoms with E-state index in [1.807, 2.05) is 38.1 Å². The first kappa shape index (κ1) is 15.4. The van der Waals surface area contributed by atoms with Crippen LogP contribution in [0.3, 0.4) is 0 Å². The van der Waals surface area contributed by atoms with Crippen LogP contribution in [-0.4, -0.2) is 16.5 Å². The molecule has 0 aliphatic rings. The van der Waals surface area contributed by atoms with Crippen LogP contribution in [0, 0.1) is 13.8 Å². The van der Waals surface area contributed by atoms with E-state index in [1.54, 1.807) is 6.20 Å². The molecule has 1 N–H and O–H groups in total. The lowest BCUT2D eigenvalue weighted by atomic mass is 10.2. The van der Waals surface area contributed by atoms with E-state index < -0.39 is 0 Å². The van der Waals surface area contributed by atoms with Gasteiger partial charge in [-0.3, -0.25) is 9.97 Å². The minimum Gasteiger partial charge on any atom is -0.485 e. The maximum absolute atomic E-state index is 5.92. The van der Waals surface area contributed by atoms with Crippen LogP contribution in [0.5, 0.6) is 5.75 Å². The van der Waals surface area contributed by atoms with Crippen molar-refractivity contribution in [3.8, 4) is 5.75 Å². The van der Waals surface area contributed by atoms with Crippen molar-refractivity contribution in [3.63, 3.8) is 0 Å². The van der Waals surface area contributed by atoms with Gasteiger partial charge in [0.1, 0.15) is 12.4 Å². The second kappa shape index (κ2) is 7.74. The molecule has 0 aliphatic heterocycles. The Bertz CT molecular complexity index is 584. The summed E-state index contributed by atoms with van der Waals surface area (Å²) in [4.78, 5) is 8.93. The lowest BCUT2D eigenvalue weighted by molar-refractivity contribution is 0.294. The zero-order chi connectivity index (χ0) is 15.1. The molecule has 2 heterocycles. The van der Waals surface area contributed by atoms with Gasteiger partial charge >= 0.3 is 0 Å². The van der Waals surface area contributed by atoms with Crippen molar-refractivity contribution in [1.82, 2.24) is 15.3 Å². The highest BCUT2D eigenvalue weighted by Gasteiger charge is 2.07. The summed E-state index contributed by atoms with van der Waals surface area (Å²) in [5, 5.41) is 3.37. The van der Waals surface area contributed by atoms with Crippen molar-refractivity contribution >= 4 is 0 Å². The van der Waals surface area contributed by atoms with Crippen LogP contribution in [0.25, 0.3) is 0 Å². The van der Waals surface area contributed by atoms with Gasteiger partial charge in [-0.1, -0.05) is 13.0 Å². The predicted molar refractivity (Wildman–Crippen MR) is 84.3 cm³/mol. The summed E-state index contributed by atoms with van der Waals surface area (Å²) in [6, 6.07) is 7.95. The molecule has 2 rings (SSSR count). The first-order chi connectivity index (χ1) is 10.2. The first-order valence-electron chi connectivity index (χ1n) is 7.41. The lowest BCUT2D eigenvalue weighted by Gasteiger charge is -2.12. The number of aromatic nitrogens is 2.